The van der Waals surface area contributed by atoms with Crippen LogP contribution in [-0.2, 0) is 0 Å². The lowest BCUT2D eigenvalue weighted by molar-refractivity contribution is 0.412. The van der Waals surface area contributed by atoms with Crippen molar-refractivity contribution >= 4 is 55.1 Å². The van der Waals surface area contributed by atoms with Crippen molar-refractivity contribution in [3.05, 3.63) is 49.9 Å². The number of aromatic nitrogens is 2. The monoisotopic (exact) mass is 430 g/mol. The van der Waals surface area contributed by atoms with Gasteiger partial charge >= 0.3 is 0 Å². The SMILES string of the molecule is COc1ccc(-n2c(=S)[nH]c3cc(F)c(Br)cc32)cc1Br. The second-order valence-corrected chi connectivity index (χ2v) is 6.46. The van der Waals surface area contributed by atoms with E-state index in [9.17, 15) is 4.39 Å². The van der Waals surface area contributed by atoms with Gasteiger partial charge in [0.05, 0.1) is 27.1 Å². The van der Waals surface area contributed by atoms with Crippen LogP contribution in [0, 0.1) is 10.6 Å². The van der Waals surface area contributed by atoms with Gasteiger partial charge in [-0.1, -0.05) is 0 Å². The molecular formula is C14H9Br2FN2OS. The number of fused-ring (bicyclic) bond motifs is 1. The van der Waals surface area contributed by atoms with Gasteiger partial charge in [0.15, 0.2) is 4.77 Å². The Hall–Kier alpha value is -1.18. The van der Waals surface area contributed by atoms with E-state index in [1.165, 1.54) is 6.07 Å². The Kier molecular flexibility index (Phi) is 3.90. The van der Waals surface area contributed by atoms with E-state index in [4.69, 9.17) is 17.0 Å². The summed E-state index contributed by atoms with van der Waals surface area (Å²) < 4.78 is 22.4. The quantitative estimate of drug-likeness (QED) is 0.553. The first-order chi connectivity index (χ1) is 10.0. The number of aromatic amines is 1. The smallest absolute Gasteiger partial charge is 0.182 e. The molecule has 7 heteroatoms. The molecule has 0 fully saturated rings. The minimum atomic E-state index is -0.332. The molecule has 1 heterocycles. The van der Waals surface area contributed by atoms with Gasteiger partial charge in [-0.2, -0.15) is 0 Å². The van der Waals surface area contributed by atoms with Crippen LogP contribution in [0.2, 0.25) is 0 Å². The zero-order valence-electron chi connectivity index (χ0n) is 10.8. The largest absolute Gasteiger partial charge is 0.496 e. The van der Waals surface area contributed by atoms with Crippen molar-refractivity contribution in [1.29, 1.82) is 0 Å². The van der Waals surface area contributed by atoms with Crippen LogP contribution >= 0.6 is 44.1 Å². The van der Waals surface area contributed by atoms with E-state index in [1.807, 2.05) is 22.8 Å². The molecule has 21 heavy (non-hydrogen) atoms. The van der Waals surface area contributed by atoms with Crippen LogP contribution < -0.4 is 4.74 Å². The van der Waals surface area contributed by atoms with Crippen molar-refractivity contribution in [3.8, 4) is 11.4 Å². The molecule has 3 nitrogen and oxygen atoms in total. The van der Waals surface area contributed by atoms with Gasteiger partial charge in [-0.3, -0.25) is 4.57 Å². The van der Waals surface area contributed by atoms with Crippen molar-refractivity contribution in [1.82, 2.24) is 9.55 Å². The highest BCUT2D eigenvalue weighted by Gasteiger charge is 2.11. The molecule has 0 saturated carbocycles. The second-order valence-electron chi connectivity index (χ2n) is 4.37. The minimum absolute atomic E-state index is 0.332. The lowest BCUT2D eigenvalue weighted by atomic mass is 10.2. The molecule has 0 aliphatic carbocycles. The van der Waals surface area contributed by atoms with Crippen LogP contribution in [0.15, 0.2) is 39.3 Å². The summed E-state index contributed by atoms with van der Waals surface area (Å²) in [5.74, 6) is 0.402. The molecule has 0 spiro atoms. The summed E-state index contributed by atoms with van der Waals surface area (Å²) in [7, 11) is 1.61. The number of hydrogen-bond donors (Lipinski definition) is 1. The molecule has 0 radical (unpaired) electrons. The fraction of sp³-hybridized carbons (Fsp3) is 0.0714. The van der Waals surface area contributed by atoms with Crippen LogP contribution in [0.3, 0.4) is 0 Å². The molecule has 0 saturated heterocycles. The number of methoxy groups -OCH3 is 1. The molecule has 0 atom stereocenters. The standard InChI is InChI=1S/C14H9Br2FN2OS/c1-20-13-3-2-7(4-9(13)16)19-12-5-8(15)10(17)6-11(12)18-14(19)21/h2-6H,1H3,(H,18,21). The third-order valence-corrected chi connectivity index (χ3v) is 4.63. The van der Waals surface area contributed by atoms with Crippen molar-refractivity contribution in [2.75, 3.05) is 7.11 Å². The fourth-order valence-electron chi connectivity index (χ4n) is 2.15. The van der Waals surface area contributed by atoms with Crippen LogP contribution in [-0.4, -0.2) is 16.7 Å². The minimum Gasteiger partial charge on any atom is -0.496 e. The fourth-order valence-corrected chi connectivity index (χ4v) is 3.33. The lowest BCUT2D eigenvalue weighted by Gasteiger charge is -2.08. The van der Waals surface area contributed by atoms with E-state index in [2.05, 4.69) is 36.8 Å². The maximum atomic E-state index is 13.6. The molecule has 2 aromatic carbocycles. The number of H-pyrrole nitrogens is 1. The highest BCUT2D eigenvalue weighted by Crippen LogP contribution is 2.30. The third-order valence-electron chi connectivity index (χ3n) is 3.12. The van der Waals surface area contributed by atoms with Gasteiger partial charge < -0.3 is 9.72 Å². The van der Waals surface area contributed by atoms with E-state index in [0.29, 0.717) is 14.8 Å². The third kappa shape index (κ3) is 2.54. The maximum Gasteiger partial charge on any atom is 0.182 e. The first kappa shape index (κ1) is 14.7. The number of benzene rings is 2. The van der Waals surface area contributed by atoms with Crippen molar-refractivity contribution < 1.29 is 9.13 Å². The predicted octanol–water partition coefficient (Wildman–Crippen LogP) is 5.36. The Balaban J connectivity index is 2.29. The Morgan fingerprint density at radius 2 is 1.95 bits per heavy atom. The van der Waals surface area contributed by atoms with Gasteiger partial charge in [0, 0.05) is 11.8 Å². The van der Waals surface area contributed by atoms with E-state index >= 15 is 0 Å². The van der Waals surface area contributed by atoms with Crippen LogP contribution in [0.25, 0.3) is 16.7 Å². The average Bonchev–Trinajstić information content (AvgIpc) is 2.74. The summed E-state index contributed by atoms with van der Waals surface area (Å²) in [6.45, 7) is 0. The molecule has 0 bridgehead atoms. The molecular weight excluding hydrogens is 423 g/mol. The van der Waals surface area contributed by atoms with Crippen LogP contribution in [0.4, 0.5) is 4.39 Å². The van der Waals surface area contributed by atoms with Gasteiger partial charge in [-0.25, -0.2) is 4.39 Å². The summed E-state index contributed by atoms with van der Waals surface area (Å²) in [5, 5.41) is 0. The molecule has 0 unspecified atom stereocenters. The molecule has 0 aliphatic heterocycles. The van der Waals surface area contributed by atoms with Crippen molar-refractivity contribution in [2.45, 2.75) is 0 Å². The molecule has 0 amide bonds. The van der Waals surface area contributed by atoms with E-state index < -0.39 is 0 Å². The molecule has 108 valence electrons. The Morgan fingerprint density at radius 1 is 1.19 bits per heavy atom. The summed E-state index contributed by atoms with van der Waals surface area (Å²) in [4.78, 5) is 3.01. The van der Waals surface area contributed by atoms with Crippen LogP contribution in [0.1, 0.15) is 0 Å². The van der Waals surface area contributed by atoms with E-state index in [1.54, 1.807) is 13.2 Å². The number of imidazole rings is 1. The Morgan fingerprint density at radius 3 is 2.62 bits per heavy atom. The predicted molar refractivity (Wildman–Crippen MR) is 90.4 cm³/mol. The highest BCUT2D eigenvalue weighted by atomic mass is 79.9. The topological polar surface area (TPSA) is 29.9 Å². The number of ether oxygens (including phenoxy) is 1. The first-order valence-corrected chi connectivity index (χ1v) is 7.94. The number of hydrogen-bond acceptors (Lipinski definition) is 2. The Bertz CT molecular complexity index is 904. The normalized spacial score (nSPS) is 11.0. The average molecular weight is 432 g/mol. The number of rotatable bonds is 2. The van der Waals surface area contributed by atoms with Gasteiger partial charge in [0.1, 0.15) is 11.6 Å². The Labute approximate surface area is 142 Å². The van der Waals surface area contributed by atoms with Crippen molar-refractivity contribution in [2.24, 2.45) is 0 Å². The molecule has 3 rings (SSSR count). The van der Waals surface area contributed by atoms with E-state index in [-0.39, 0.29) is 5.82 Å². The molecule has 1 N–H and O–H groups in total. The highest BCUT2D eigenvalue weighted by molar-refractivity contribution is 9.10. The van der Waals surface area contributed by atoms with Gasteiger partial charge in [0.25, 0.3) is 0 Å². The molecule has 1 aromatic heterocycles. The number of nitrogens with one attached hydrogen (secondary N) is 1. The first-order valence-electron chi connectivity index (χ1n) is 5.95. The molecule has 3 aromatic rings. The summed E-state index contributed by atoms with van der Waals surface area (Å²) >= 11 is 12.0. The van der Waals surface area contributed by atoms with Crippen LogP contribution in [0.5, 0.6) is 5.75 Å². The zero-order valence-corrected chi connectivity index (χ0v) is 14.8. The number of nitrogens with zero attached hydrogens (tertiary/aromatic N) is 1. The second kappa shape index (κ2) is 5.55. The summed E-state index contributed by atoms with van der Waals surface area (Å²) in [5.41, 5.74) is 2.30. The summed E-state index contributed by atoms with van der Waals surface area (Å²) in [6, 6.07) is 8.76. The summed E-state index contributed by atoms with van der Waals surface area (Å²) in [6.07, 6.45) is 0. The van der Waals surface area contributed by atoms with Gasteiger partial charge in [-0.15, -0.1) is 0 Å². The molecule has 0 aliphatic rings. The number of halogens is 3. The maximum absolute atomic E-state index is 13.6. The van der Waals surface area contributed by atoms with Gasteiger partial charge in [-0.05, 0) is 68.3 Å². The zero-order chi connectivity index (χ0) is 15.1. The van der Waals surface area contributed by atoms with Crippen molar-refractivity contribution in [3.63, 3.8) is 0 Å². The van der Waals surface area contributed by atoms with Gasteiger partial charge in [0.2, 0.25) is 0 Å². The van der Waals surface area contributed by atoms with E-state index in [0.717, 1.165) is 21.4 Å². The lowest BCUT2D eigenvalue weighted by Crippen LogP contribution is -1.95.